The second-order valence-corrected chi connectivity index (χ2v) is 14.5. The van der Waals surface area contributed by atoms with Gasteiger partial charge < -0.3 is 10.6 Å². The van der Waals surface area contributed by atoms with Gasteiger partial charge in [0.1, 0.15) is 0 Å². The van der Waals surface area contributed by atoms with E-state index in [1.165, 1.54) is 94.2 Å². The quantitative estimate of drug-likeness (QED) is 0.203. The maximum Gasteiger partial charge on any atom is 0.0880 e. The fraction of sp³-hybridized carbons (Fsp3) is 0.149. The van der Waals surface area contributed by atoms with Crippen LogP contribution in [0.4, 0.5) is 0 Å². The lowest BCUT2D eigenvalue weighted by molar-refractivity contribution is 0.614. The van der Waals surface area contributed by atoms with Crippen molar-refractivity contribution in [2.75, 3.05) is 6.54 Å². The van der Waals surface area contributed by atoms with Gasteiger partial charge in [0, 0.05) is 28.9 Å². The Balaban J connectivity index is 1.10. The highest BCUT2D eigenvalue weighted by atomic mass is 15.0. The highest BCUT2D eigenvalue weighted by Crippen LogP contribution is 2.55. The molecule has 6 aromatic carbocycles. The maximum absolute atomic E-state index is 3.95. The normalized spacial score (nSPS) is 18.5. The number of rotatable bonds is 3. The summed E-state index contributed by atoms with van der Waals surface area (Å²) < 4.78 is 0. The molecular weight excluding hydrogens is 593 g/mol. The molecule has 0 radical (unpaired) electrons. The Hall–Kier alpha value is -5.60. The lowest BCUT2D eigenvalue weighted by Gasteiger charge is -2.36. The molecule has 0 saturated carbocycles. The van der Waals surface area contributed by atoms with Gasteiger partial charge in [0.05, 0.1) is 6.04 Å². The van der Waals surface area contributed by atoms with Crippen LogP contribution in [0.2, 0.25) is 0 Å². The molecule has 0 bridgehead atoms. The number of hydrogen-bond donors (Lipinski definition) is 2. The van der Waals surface area contributed by atoms with Crippen LogP contribution in [0.3, 0.4) is 0 Å². The molecule has 2 heteroatoms. The third kappa shape index (κ3) is 4.26. The van der Waals surface area contributed by atoms with E-state index in [4.69, 9.17) is 0 Å². The average molecular weight is 631 g/mol. The summed E-state index contributed by atoms with van der Waals surface area (Å²) in [7, 11) is 0. The number of benzene rings is 6. The van der Waals surface area contributed by atoms with E-state index in [9.17, 15) is 0 Å². The van der Waals surface area contributed by atoms with Gasteiger partial charge in [-0.05, 0) is 108 Å². The van der Waals surface area contributed by atoms with E-state index in [0.29, 0.717) is 0 Å². The zero-order valence-electron chi connectivity index (χ0n) is 28.0. The van der Waals surface area contributed by atoms with Crippen molar-refractivity contribution in [3.05, 3.63) is 173 Å². The fourth-order valence-corrected chi connectivity index (χ4v) is 9.08. The van der Waals surface area contributed by atoms with Crippen LogP contribution in [0.5, 0.6) is 0 Å². The molecule has 49 heavy (non-hydrogen) atoms. The number of nitrogens with one attached hydrogen (secondary N) is 2. The van der Waals surface area contributed by atoms with Crippen molar-refractivity contribution in [1.29, 1.82) is 0 Å². The maximum atomic E-state index is 3.95. The molecule has 2 N–H and O–H groups in total. The van der Waals surface area contributed by atoms with Crippen molar-refractivity contribution in [2.24, 2.45) is 0 Å². The number of fused-ring (bicyclic) bond motifs is 8. The zero-order chi connectivity index (χ0) is 32.7. The van der Waals surface area contributed by atoms with Crippen LogP contribution < -0.4 is 10.6 Å². The van der Waals surface area contributed by atoms with Gasteiger partial charge in [-0.25, -0.2) is 0 Å². The van der Waals surface area contributed by atoms with Crippen molar-refractivity contribution in [2.45, 2.75) is 38.1 Å². The molecule has 6 aromatic rings. The fourth-order valence-electron chi connectivity index (χ4n) is 9.08. The van der Waals surface area contributed by atoms with Crippen LogP contribution in [-0.2, 0) is 5.41 Å². The molecule has 2 aliphatic carbocycles. The smallest absolute Gasteiger partial charge is 0.0880 e. The molecule has 1 unspecified atom stereocenters. The van der Waals surface area contributed by atoms with Crippen molar-refractivity contribution in [1.82, 2.24) is 10.6 Å². The molecule has 10 rings (SSSR count). The predicted octanol–water partition coefficient (Wildman–Crippen LogP) is 11.1. The number of allylic oxidation sites excluding steroid dienone is 4. The Morgan fingerprint density at radius 3 is 2.22 bits per heavy atom. The van der Waals surface area contributed by atoms with Crippen LogP contribution in [0.15, 0.2) is 156 Å². The van der Waals surface area contributed by atoms with Crippen molar-refractivity contribution in [3.8, 4) is 33.4 Å². The van der Waals surface area contributed by atoms with E-state index in [-0.39, 0.29) is 11.5 Å². The lowest BCUT2D eigenvalue weighted by atomic mass is 9.78. The molecule has 2 nitrogen and oxygen atoms in total. The lowest BCUT2D eigenvalue weighted by Crippen LogP contribution is -2.42. The first-order chi connectivity index (χ1) is 24.1. The largest absolute Gasteiger partial charge is 0.383 e. The highest BCUT2D eigenvalue weighted by molar-refractivity contribution is 6.07. The molecule has 0 saturated heterocycles. The van der Waals surface area contributed by atoms with E-state index in [1.807, 2.05) is 0 Å². The Kier molecular flexibility index (Phi) is 6.21. The summed E-state index contributed by atoms with van der Waals surface area (Å²) in [4.78, 5) is 0. The van der Waals surface area contributed by atoms with Crippen LogP contribution in [-0.4, -0.2) is 12.6 Å². The molecule has 1 atom stereocenters. The third-order valence-electron chi connectivity index (χ3n) is 11.4. The standard InChI is InChI=1S/C47H38N2/c1-47(2)41-28-33(20-22-39(41)43-40(29-11-4-3-5-12-29)27-32-13-6-7-15-35(32)44(43)47)34-23-24-38(37-17-9-8-16-36(34)37)42-25-21-31-19-18-30-14-10-26-48-45(30)46(31)49-42/h3-17,20-25,27-28,46,48-49H,18-19,26H2,1-2H3. The third-order valence-corrected chi connectivity index (χ3v) is 11.4. The predicted molar refractivity (Wildman–Crippen MR) is 206 cm³/mol. The Labute approximate surface area is 288 Å². The summed E-state index contributed by atoms with van der Waals surface area (Å²) in [5, 5.41) is 12.8. The number of dihydropyridines is 2. The van der Waals surface area contributed by atoms with Crippen molar-refractivity contribution < 1.29 is 0 Å². The van der Waals surface area contributed by atoms with Crippen LogP contribution in [0.25, 0.3) is 60.6 Å². The minimum absolute atomic E-state index is 0.155. The number of hydrogen-bond acceptors (Lipinski definition) is 2. The Bertz CT molecular complexity index is 2490. The summed E-state index contributed by atoms with van der Waals surface area (Å²) in [5.41, 5.74) is 17.2. The average Bonchev–Trinajstić information content (AvgIpc) is 3.40. The minimum atomic E-state index is -0.155. The van der Waals surface area contributed by atoms with E-state index in [2.05, 4.69) is 164 Å². The van der Waals surface area contributed by atoms with Gasteiger partial charge in [0.2, 0.25) is 0 Å². The van der Waals surface area contributed by atoms with E-state index in [0.717, 1.165) is 19.4 Å². The summed E-state index contributed by atoms with van der Waals surface area (Å²) in [6.45, 7) is 5.72. The molecular formula is C47H38N2. The second kappa shape index (κ2) is 10.7. The van der Waals surface area contributed by atoms with E-state index >= 15 is 0 Å². The van der Waals surface area contributed by atoms with Crippen molar-refractivity contribution >= 4 is 27.2 Å². The first kappa shape index (κ1) is 28.4. The molecule has 0 spiro atoms. The van der Waals surface area contributed by atoms with E-state index in [1.54, 1.807) is 0 Å². The topological polar surface area (TPSA) is 24.1 Å². The Morgan fingerprint density at radius 2 is 1.37 bits per heavy atom. The Morgan fingerprint density at radius 1 is 0.633 bits per heavy atom. The molecule has 2 aliphatic heterocycles. The van der Waals surface area contributed by atoms with Gasteiger partial charge in [0.25, 0.3) is 0 Å². The molecule has 2 heterocycles. The summed E-state index contributed by atoms with van der Waals surface area (Å²) in [6.07, 6.45) is 11.4. The molecule has 0 fully saturated rings. The summed E-state index contributed by atoms with van der Waals surface area (Å²) >= 11 is 0. The SMILES string of the molecule is CC1(C)c2cc(-c3ccc(C4=CC=C5CCC6=C(NCC=C6)C5N4)c4ccccc34)ccc2-c2c(-c3ccccc3)cc3ccccc3c21. The van der Waals surface area contributed by atoms with E-state index < -0.39 is 0 Å². The molecule has 0 aromatic heterocycles. The van der Waals surface area contributed by atoms with Crippen LogP contribution in [0.1, 0.15) is 43.4 Å². The van der Waals surface area contributed by atoms with Gasteiger partial charge in [-0.1, -0.05) is 135 Å². The summed E-state index contributed by atoms with van der Waals surface area (Å²) in [5.74, 6) is 0. The van der Waals surface area contributed by atoms with Gasteiger partial charge in [-0.3, -0.25) is 0 Å². The molecule has 236 valence electrons. The van der Waals surface area contributed by atoms with Gasteiger partial charge >= 0.3 is 0 Å². The molecule has 4 aliphatic rings. The molecule has 0 amide bonds. The van der Waals surface area contributed by atoms with Crippen LogP contribution >= 0.6 is 0 Å². The van der Waals surface area contributed by atoms with Crippen molar-refractivity contribution in [3.63, 3.8) is 0 Å². The highest BCUT2D eigenvalue weighted by Gasteiger charge is 2.39. The first-order valence-corrected chi connectivity index (χ1v) is 17.7. The van der Waals surface area contributed by atoms with Gasteiger partial charge in [0.15, 0.2) is 0 Å². The first-order valence-electron chi connectivity index (χ1n) is 17.7. The van der Waals surface area contributed by atoms with Gasteiger partial charge in [-0.2, -0.15) is 0 Å². The minimum Gasteiger partial charge on any atom is -0.383 e. The monoisotopic (exact) mass is 630 g/mol. The summed E-state index contributed by atoms with van der Waals surface area (Å²) in [6, 6.07) is 43.2. The zero-order valence-corrected chi connectivity index (χ0v) is 28.0. The second-order valence-electron chi connectivity index (χ2n) is 14.5. The van der Waals surface area contributed by atoms with Gasteiger partial charge in [-0.15, -0.1) is 0 Å². The van der Waals surface area contributed by atoms with Crippen LogP contribution in [0, 0.1) is 0 Å².